The summed E-state index contributed by atoms with van der Waals surface area (Å²) >= 11 is 0. The second-order valence-corrected chi connectivity index (χ2v) is 6.65. The third kappa shape index (κ3) is 5.34. The number of urea groups is 1. The standard InChI is InChI=1S/C17H30N2O2/c1-2-3-4-13-5-8-15(9-6-13)18-17(21)19-16-10-7-14(11-16)12-20/h7,10,13-16,20H,2-6,8-9,11-12H2,1H3,(H2,18,19,21)/t13?,14-,15?,16+/m0/s1. The molecule has 120 valence electrons. The molecule has 0 aromatic carbocycles. The summed E-state index contributed by atoms with van der Waals surface area (Å²) in [6.45, 7) is 2.41. The first-order valence-corrected chi connectivity index (χ1v) is 8.57. The quantitative estimate of drug-likeness (QED) is 0.660. The molecule has 0 heterocycles. The number of nitrogens with one attached hydrogen (secondary N) is 2. The van der Waals surface area contributed by atoms with Gasteiger partial charge in [0.1, 0.15) is 0 Å². The Morgan fingerprint density at radius 2 is 1.95 bits per heavy atom. The highest BCUT2D eigenvalue weighted by Crippen LogP contribution is 2.28. The van der Waals surface area contributed by atoms with Gasteiger partial charge in [0.25, 0.3) is 0 Å². The molecule has 2 amide bonds. The average Bonchev–Trinajstić information content (AvgIpc) is 2.94. The Morgan fingerprint density at radius 1 is 1.19 bits per heavy atom. The summed E-state index contributed by atoms with van der Waals surface area (Å²) in [5, 5.41) is 15.2. The number of hydrogen-bond acceptors (Lipinski definition) is 2. The van der Waals surface area contributed by atoms with Crippen molar-refractivity contribution in [1.82, 2.24) is 10.6 Å². The Labute approximate surface area is 128 Å². The molecule has 2 aliphatic rings. The highest BCUT2D eigenvalue weighted by molar-refractivity contribution is 5.74. The van der Waals surface area contributed by atoms with Gasteiger partial charge in [-0.25, -0.2) is 4.79 Å². The van der Waals surface area contributed by atoms with Crippen molar-refractivity contribution in [2.45, 2.75) is 70.4 Å². The first kappa shape index (κ1) is 16.3. The molecule has 0 aromatic heterocycles. The molecule has 4 nitrogen and oxygen atoms in total. The maximum atomic E-state index is 12.0. The predicted molar refractivity (Wildman–Crippen MR) is 85.1 cm³/mol. The highest BCUT2D eigenvalue weighted by Gasteiger charge is 2.24. The second kappa shape index (κ2) is 8.42. The summed E-state index contributed by atoms with van der Waals surface area (Å²) in [4.78, 5) is 12.0. The monoisotopic (exact) mass is 294 g/mol. The van der Waals surface area contributed by atoms with E-state index in [0.29, 0.717) is 6.04 Å². The zero-order valence-corrected chi connectivity index (χ0v) is 13.2. The Bertz CT molecular complexity index is 349. The van der Waals surface area contributed by atoms with Crippen LogP contribution in [0.2, 0.25) is 0 Å². The van der Waals surface area contributed by atoms with Crippen LogP contribution in [-0.4, -0.2) is 29.8 Å². The maximum Gasteiger partial charge on any atom is 0.315 e. The van der Waals surface area contributed by atoms with Crippen LogP contribution in [0.15, 0.2) is 12.2 Å². The molecule has 1 saturated carbocycles. The molecule has 0 bridgehead atoms. The first-order valence-electron chi connectivity index (χ1n) is 8.57. The normalized spacial score (nSPS) is 32.1. The third-order valence-corrected chi connectivity index (χ3v) is 4.87. The van der Waals surface area contributed by atoms with Gasteiger partial charge in [-0.3, -0.25) is 0 Å². The molecule has 2 aliphatic carbocycles. The van der Waals surface area contributed by atoms with Crippen molar-refractivity contribution in [2.24, 2.45) is 11.8 Å². The van der Waals surface area contributed by atoms with Crippen LogP contribution in [0.3, 0.4) is 0 Å². The Hall–Kier alpha value is -1.03. The van der Waals surface area contributed by atoms with E-state index in [9.17, 15) is 4.79 Å². The van der Waals surface area contributed by atoms with Gasteiger partial charge in [-0.1, -0.05) is 38.3 Å². The van der Waals surface area contributed by atoms with E-state index in [0.717, 1.165) is 25.2 Å². The van der Waals surface area contributed by atoms with Gasteiger partial charge in [-0.2, -0.15) is 0 Å². The molecule has 1 fully saturated rings. The molecule has 0 radical (unpaired) electrons. The highest BCUT2D eigenvalue weighted by atomic mass is 16.3. The van der Waals surface area contributed by atoms with Crippen LogP contribution in [0, 0.1) is 11.8 Å². The van der Waals surface area contributed by atoms with Crippen molar-refractivity contribution in [3.8, 4) is 0 Å². The predicted octanol–water partition coefficient (Wildman–Crippen LogP) is 2.97. The summed E-state index contributed by atoms with van der Waals surface area (Å²) in [6, 6.07) is 0.352. The molecular formula is C17H30N2O2. The summed E-state index contributed by atoms with van der Waals surface area (Å²) in [6.07, 6.45) is 13.5. The van der Waals surface area contributed by atoms with Gasteiger partial charge in [-0.15, -0.1) is 0 Å². The molecular weight excluding hydrogens is 264 g/mol. The topological polar surface area (TPSA) is 61.4 Å². The fraction of sp³-hybridized carbons (Fsp3) is 0.824. The summed E-state index contributed by atoms with van der Waals surface area (Å²) in [5.41, 5.74) is 0. The lowest BCUT2D eigenvalue weighted by Crippen LogP contribution is -2.46. The number of unbranched alkanes of at least 4 members (excludes halogenated alkanes) is 1. The number of aliphatic hydroxyl groups excluding tert-OH is 1. The van der Waals surface area contributed by atoms with Gasteiger partial charge < -0.3 is 15.7 Å². The molecule has 4 heteroatoms. The van der Waals surface area contributed by atoms with Gasteiger partial charge in [0.05, 0.1) is 0 Å². The fourth-order valence-corrected chi connectivity index (χ4v) is 3.50. The summed E-state index contributed by atoms with van der Waals surface area (Å²) in [5.74, 6) is 1.07. The van der Waals surface area contributed by atoms with Gasteiger partial charge in [0.15, 0.2) is 0 Å². The lowest BCUT2D eigenvalue weighted by atomic mass is 9.83. The van der Waals surface area contributed by atoms with Gasteiger partial charge in [0.2, 0.25) is 0 Å². The van der Waals surface area contributed by atoms with Crippen LogP contribution in [0.25, 0.3) is 0 Å². The zero-order chi connectivity index (χ0) is 15.1. The Kier molecular flexibility index (Phi) is 6.55. The number of carbonyl (C=O) groups excluding carboxylic acids is 1. The van der Waals surface area contributed by atoms with Crippen LogP contribution >= 0.6 is 0 Å². The molecule has 0 spiro atoms. The smallest absolute Gasteiger partial charge is 0.315 e. The van der Waals surface area contributed by atoms with E-state index in [2.05, 4.69) is 17.6 Å². The van der Waals surface area contributed by atoms with Crippen molar-refractivity contribution in [3.05, 3.63) is 12.2 Å². The van der Waals surface area contributed by atoms with E-state index in [1.165, 1.54) is 32.1 Å². The molecule has 3 N–H and O–H groups in total. The van der Waals surface area contributed by atoms with E-state index in [1.54, 1.807) is 0 Å². The minimum atomic E-state index is -0.0553. The second-order valence-electron chi connectivity index (χ2n) is 6.65. The SMILES string of the molecule is CCCCC1CCC(NC(=O)N[C@@H]2C=C[C@H](CO)C2)CC1. The van der Waals surface area contributed by atoms with Gasteiger partial charge >= 0.3 is 6.03 Å². The molecule has 0 aromatic rings. The largest absolute Gasteiger partial charge is 0.396 e. The Balaban J connectivity index is 1.62. The lowest BCUT2D eigenvalue weighted by molar-refractivity contribution is 0.219. The van der Waals surface area contributed by atoms with Gasteiger partial charge in [-0.05, 0) is 38.0 Å². The van der Waals surface area contributed by atoms with Crippen LogP contribution in [-0.2, 0) is 0 Å². The summed E-state index contributed by atoms with van der Waals surface area (Å²) < 4.78 is 0. The van der Waals surface area contributed by atoms with Gasteiger partial charge in [0, 0.05) is 24.6 Å². The summed E-state index contributed by atoms with van der Waals surface area (Å²) in [7, 11) is 0. The lowest BCUT2D eigenvalue weighted by Gasteiger charge is -2.29. The van der Waals surface area contributed by atoms with Crippen LogP contribution in [0.5, 0.6) is 0 Å². The molecule has 2 rings (SSSR count). The van der Waals surface area contributed by atoms with E-state index in [1.807, 2.05) is 12.2 Å². The maximum absolute atomic E-state index is 12.0. The Morgan fingerprint density at radius 3 is 2.57 bits per heavy atom. The van der Waals surface area contributed by atoms with Crippen LogP contribution in [0.4, 0.5) is 4.79 Å². The zero-order valence-electron chi connectivity index (χ0n) is 13.2. The fourth-order valence-electron chi connectivity index (χ4n) is 3.50. The minimum Gasteiger partial charge on any atom is -0.396 e. The third-order valence-electron chi connectivity index (χ3n) is 4.87. The number of aliphatic hydroxyl groups is 1. The average molecular weight is 294 g/mol. The van der Waals surface area contributed by atoms with Crippen LogP contribution < -0.4 is 10.6 Å². The number of rotatable bonds is 6. The van der Waals surface area contributed by atoms with E-state index < -0.39 is 0 Å². The molecule has 0 unspecified atom stereocenters. The molecule has 0 saturated heterocycles. The first-order chi connectivity index (χ1) is 10.2. The van der Waals surface area contributed by atoms with E-state index in [4.69, 9.17) is 5.11 Å². The van der Waals surface area contributed by atoms with Crippen molar-refractivity contribution < 1.29 is 9.90 Å². The molecule has 2 atom stereocenters. The van der Waals surface area contributed by atoms with E-state index >= 15 is 0 Å². The van der Waals surface area contributed by atoms with Crippen LogP contribution in [0.1, 0.15) is 58.3 Å². The van der Waals surface area contributed by atoms with Crippen molar-refractivity contribution >= 4 is 6.03 Å². The van der Waals surface area contributed by atoms with Crippen molar-refractivity contribution in [1.29, 1.82) is 0 Å². The number of carbonyl (C=O) groups is 1. The number of hydrogen-bond donors (Lipinski definition) is 3. The minimum absolute atomic E-state index is 0.0553. The molecule has 21 heavy (non-hydrogen) atoms. The van der Waals surface area contributed by atoms with Crippen molar-refractivity contribution in [2.75, 3.05) is 6.61 Å². The number of amides is 2. The van der Waals surface area contributed by atoms with Crippen molar-refractivity contribution in [3.63, 3.8) is 0 Å². The molecule has 0 aliphatic heterocycles. The van der Waals surface area contributed by atoms with E-state index in [-0.39, 0.29) is 24.6 Å².